The van der Waals surface area contributed by atoms with Gasteiger partial charge < -0.3 is 0 Å². The van der Waals surface area contributed by atoms with Crippen molar-refractivity contribution < 1.29 is 17.4 Å². The van der Waals surface area contributed by atoms with Crippen LogP contribution in [-0.2, 0) is 19.1 Å². The second-order valence-electron chi connectivity index (χ2n) is 11.4. The van der Waals surface area contributed by atoms with Crippen LogP contribution >= 0.6 is 0 Å². The number of fused-ring (bicyclic) bond motifs is 5. The molecule has 0 spiro atoms. The molecule has 1 aliphatic heterocycles. The zero-order valence-electron chi connectivity index (χ0n) is 18.2. The van der Waals surface area contributed by atoms with Gasteiger partial charge in [-0.15, -0.1) is 0 Å². The minimum atomic E-state index is -3.35. The summed E-state index contributed by atoms with van der Waals surface area (Å²) < 4.78 is 27.8. The molecule has 1 saturated heterocycles. The van der Waals surface area contributed by atoms with Crippen molar-refractivity contribution in [1.29, 1.82) is 0 Å². The summed E-state index contributed by atoms with van der Waals surface area (Å²) in [6.07, 6.45) is 11.7. The fourth-order valence-electron chi connectivity index (χ4n) is 8.41. The molecule has 6 heteroatoms. The fourth-order valence-corrected chi connectivity index (χ4v) is 9.03. The molecule has 0 aromatic heterocycles. The van der Waals surface area contributed by atoms with E-state index in [1.54, 1.807) is 0 Å². The molecule has 1 heterocycles. The quantitative estimate of drug-likeness (QED) is 0.649. The number of nitrogens with zero attached hydrogens (tertiary/aromatic N) is 1. The topological polar surface area (TPSA) is 63.7 Å². The third-order valence-corrected chi connectivity index (χ3v) is 10.7. The summed E-state index contributed by atoms with van der Waals surface area (Å²) in [5, 5.41) is 0. The maximum atomic E-state index is 12.6. The van der Waals surface area contributed by atoms with Crippen molar-refractivity contribution in [3.8, 4) is 0 Å². The Morgan fingerprint density at radius 3 is 2.48 bits per heavy atom. The molecule has 5 fully saturated rings. The van der Waals surface area contributed by atoms with Crippen molar-refractivity contribution in [2.75, 3.05) is 19.3 Å². The first-order valence-electron chi connectivity index (χ1n) is 11.8. The van der Waals surface area contributed by atoms with Crippen LogP contribution in [0, 0.1) is 34.5 Å². The van der Waals surface area contributed by atoms with Crippen LogP contribution in [0.4, 0.5) is 0 Å². The van der Waals surface area contributed by atoms with Gasteiger partial charge in [-0.2, -0.15) is 8.42 Å². The van der Waals surface area contributed by atoms with Gasteiger partial charge in [-0.3, -0.25) is 13.9 Å². The van der Waals surface area contributed by atoms with Crippen LogP contribution < -0.4 is 0 Å². The Balaban J connectivity index is 1.24. The van der Waals surface area contributed by atoms with Gasteiger partial charge in [0, 0.05) is 31.0 Å². The first kappa shape index (κ1) is 20.4. The van der Waals surface area contributed by atoms with Crippen LogP contribution in [0.1, 0.15) is 71.6 Å². The number of carbonyl (C=O) groups excluding carboxylic acids is 1. The third kappa shape index (κ3) is 3.23. The molecule has 0 unspecified atom stereocenters. The van der Waals surface area contributed by atoms with E-state index in [1.165, 1.54) is 38.5 Å². The van der Waals surface area contributed by atoms with Gasteiger partial charge in [-0.1, -0.05) is 13.8 Å². The molecule has 5 aliphatic rings. The summed E-state index contributed by atoms with van der Waals surface area (Å²) in [6, 6.07) is 0.589. The minimum absolute atomic E-state index is 0.0200. The molecule has 0 aromatic carbocycles. The summed E-state index contributed by atoms with van der Waals surface area (Å²) >= 11 is 0. The van der Waals surface area contributed by atoms with Crippen LogP contribution in [-0.4, -0.2) is 50.6 Å². The SMILES string of the molecule is C[C@]12CC[C@@H](N3CC(OS(C)(=O)=O)C3)C[C@@H]1CC[C@@H]1[C@@H]2CC[C@]2(C)C(=O)CC[C@@H]12. The third-order valence-electron chi connectivity index (χ3n) is 10.1. The minimum Gasteiger partial charge on any atom is -0.299 e. The van der Waals surface area contributed by atoms with Crippen LogP contribution in [0.5, 0.6) is 0 Å². The van der Waals surface area contributed by atoms with Gasteiger partial charge >= 0.3 is 0 Å². The number of ketones is 1. The number of carbonyl (C=O) groups is 1. The van der Waals surface area contributed by atoms with Crippen molar-refractivity contribution in [3.63, 3.8) is 0 Å². The molecule has 4 saturated carbocycles. The molecule has 164 valence electrons. The molecule has 0 amide bonds. The lowest BCUT2D eigenvalue weighted by atomic mass is 9.45. The lowest BCUT2D eigenvalue weighted by Crippen LogP contribution is -2.60. The van der Waals surface area contributed by atoms with E-state index in [0.717, 1.165) is 56.4 Å². The number of Topliss-reactive ketones (excluding diaryl/α,β-unsaturated/α-hetero) is 1. The van der Waals surface area contributed by atoms with E-state index in [0.29, 0.717) is 23.2 Å². The van der Waals surface area contributed by atoms with Gasteiger partial charge in [0.1, 0.15) is 11.9 Å². The van der Waals surface area contributed by atoms with Gasteiger partial charge in [0.15, 0.2) is 0 Å². The number of rotatable bonds is 3. The zero-order chi connectivity index (χ0) is 20.6. The van der Waals surface area contributed by atoms with Gasteiger partial charge in [0.25, 0.3) is 10.1 Å². The average Bonchev–Trinajstić information content (AvgIpc) is 2.92. The van der Waals surface area contributed by atoms with Gasteiger partial charge in [-0.25, -0.2) is 0 Å². The van der Waals surface area contributed by atoms with Gasteiger partial charge in [0.2, 0.25) is 0 Å². The second kappa shape index (κ2) is 6.77. The molecule has 7 atom stereocenters. The van der Waals surface area contributed by atoms with E-state index in [4.69, 9.17) is 4.18 Å². The Hall–Kier alpha value is -0.460. The fraction of sp³-hybridized carbons (Fsp3) is 0.957. The average molecular weight is 424 g/mol. The monoisotopic (exact) mass is 423 g/mol. The van der Waals surface area contributed by atoms with E-state index in [1.807, 2.05) is 0 Å². The van der Waals surface area contributed by atoms with Crippen LogP contribution in [0.15, 0.2) is 0 Å². The first-order chi connectivity index (χ1) is 13.6. The summed E-state index contributed by atoms with van der Waals surface area (Å²) in [5.41, 5.74) is 0.410. The highest BCUT2D eigenvalue weighted by molar-refractivity contribution is 7.86. The van der Waals surface area contributed by atoms with Crippen molar-refractivity contribution in [2.45, 2.75) is 83.8 Å². The zero-order valence-corrected chi connectivity index (χ0v) is 19.0. The van der Waals surface area contributed by atoms with Gasteiger partial charge in [-0.05, 0) is 80.5 Å². The van der Waals surface area contributed by atoms with E-state index in [9.17, 15) is 13.2 Å². The molecule has 0 radical (unpaired) electrons. The maximum Gasteiger partial charge on any atom is 0.264 e. The van der Waals surface area contributed by atoms with Gasteiger partial charge in [0.05, 0.1) is 6.26 Å². The van der Waals surface area contributed by atoms with Crippen LogP contribution in [0.25, 0.3) is 0 Å². The van der Waals surface area contributed by atoms with Crippen LogP contribution in [0.3, 0.4) is 0 Å². The number of likely N-dealkylation sites (tertiary alicyclic amines) is 1. The number of hydrogen-bond acceptors (Lipinski definition) is 5. The Morgan fingerprint density at radius 1 is 1.00 bits per heavy atom. The van der Waals surface area contributed by atoms with Crippen molar-refractivity contribution >= 4 is 15.9 Å². The van der Waals surface area contributed by atoms with Crippen LogP contribution in [0.2, 0.25) is 0 Å². The largest absolute Gasteiger partial charge is 0.299 e. The first-order valence-corrected chi connectivity index (χ1v) is 13.6. The highest BCUT2D eigenvalue weighted by atomic mass is 32.2. The van der Waals surface area contributed by atoms with Crippen molar-refractivity contribution in [1.82, 2.24) is 4.90 Å². The number of hydrogen-bond donors (Lipinski definition) is 0. The molecular weight excluding hydrogens is 386 g/mol. The molecule has 29 heavy (non-hydrogen) atoms. The van der Waals surface area contributed by atoms with E-state index >= 15 is 0 Å². The lowest BCUT2D eigenvalue weighted by molar-refractivity contribution is -0.143. The van der Waals surface area contributed by atoms with E-state index in [-0.39, 0.29) is 11.5 Å². The molecule has 5 rings (SSSR count). The van der Waals surface area contributed by atoms with Crippen molar-refractivity contribution in [2.24, 2.45) is 34.5 Å². The Labute approximate surface area is 176 Å². The normalized spacial score (nSPS) is 48.5. The second-order valence-corrected chi connectivity index (χ2v) is 13.0. The molecule has 4 aliphatic carbocycles. The summed E-state index contributed by atoms with van der Waals surface area (Å²) in [5.74, 6) is 3.51. The predicted octanol–water partition coefficient (Wildman–Crippen LogP) is 3.63. The molecule has 5 nitrogen and oxygen atoms in total. The highest BCUT2D eigenvalue weighted by Gasteiger charge is 2.60. The summed E-state index contributed by atoms with van der Waals surface area (Å²) in [6.45, 7) is 6.36. The van der Waals surface area contributed by atoms with E-state index in [2.05, 4.69) is 18.7 Å². The Morgan fingerprint density at radius 2 is 1.76 bits per heavy atom. The molecule has 0 N–H and O–H groups in total. The standard InChI is InChI=1S/C23H37NO4S/c1-22-10-8-16(24-13-17(14-24)28-29(3,26)27)12-15(22)4-5-18-19-6-7-21(25)23(19,2)11-9-20(18)22/h15-20H,4-14H2,1-3H3/t15-,16+,18-,19-,20-,22-,23-/m0/s1. The maximum absolute atomic E-state index is 12.6. The molecular formula is C23H37NO4S. The smallest absolute Gasteiger partial charge is 0.264 e. The predicted molar refractivity (Wildman–Crippen MR) is 112 cm³/mol. The highest BCUT2D eigenvalue weighted by Crippen LogP contribution is 2.65. The van der Waals surface area contributed by atoms with E-state index < -0.39 is 10.1 Å². The summed E-state index contributed by atoms with van der Waals surface area (Å²) in [4.78, 5) is 15.0. The summed E-state index contributed by atoms with van der Waals surface area (Å²) in [7, 11) is -3.35. The Kier molecular flexibility index (Phi) is 4.77. The van der Waals surface area contributed by atoms with Crippen molar-refractivity contribution in [3.05, 3.63) is 0 Å². The Bertz CT molecular complexity index is 791. The molecule has 0 bridgehead atoms. The molecule has 0 aromatic rings. The lowest BCUT2D eigenvalue weighted by Gasteiger charge is -2.61.